The van der Waals surface area contributed by atoms with Gasteiger partial charge in [-0.25, -0.2) is 4.98 Å². The highest BCUT2D eigenvalue weighted by Crippen LogP contribution is 2.34. The predicted octanol–water partition coefficient (Wildman–Crippen LogP) is 3.81. The fourth-order valence-electron chi connectivity index (χ4n) is 2.98. The van der Waals surface area contributed by atoms with Crippen LogP contribution in [0, 0.1) is 6.92 Å². The molecule has 3 nitrogen and oxygen atoms in total. The highest BCUT2D eigenvalue weighted by atomic mass is 32.1. The van der Waals surface area contributed by atoms with Crippen LogP contribution < -0.4 is 5.32 Å². The molecule has 112 valence electrons. The Morgan fingerprint density at radius 1 is 1.43 bits per heavy atom. The minimum absolute atomic E-state index is 0.168. The van der Waals surface area contributed by atoms with E-state index < -0.39 is 0 Å². The van der Waals surface area contributed by atoms with Gasteiger partial charge in [-0.05, 0) is 37.4 Å². The maximum atomic E-state index is 6.05. The summed E-state index contributed by atoms with van der Waals surface area (Å²) in [5, 5.41) is 6.84. The SMILES string of the molecule is CCNC(CC1OCCc2ccccc21)c1csc(C)n1. The molecule has 0 spiro atoms. The third-order valence-corrected chi connectivity index (χ3v) is 4.78. The van der Waals surface area contributed by atoms with Crippen molar-refractivity contribution in [3.05, 3.63) is 51.5 Å². The van der Waals surface area contributed by atoms with E-state index in [0.29, 0.717) is 0 Å². The van der Waals surface area contributed by atoms with Gasteiger partial charge in [-0.2, -0.15) is 0 Å². The van der Waals surface area contributed by atoms with Crippen molar-refractivity contribution in [2.24, 2.45) is 0 Å². The number of hydrogen-bond donors (Lipinski definition) is 1. The Bertz CT molecular complexity index is 596. The maximum Gasteiger partial charge on any atom is 0.0898 e. The largest absolute Gasteiger partial charge is 0.373 e. The molecule has 21 heavy (non-hydrogen) atoms. The molecule has 2 aromatic rings. The summed E-state index contributed by atoms with van der Waals surface area (Å²) in [6, 6.07) is 8.91. The van der Waals surface area contributed by atoms with E-state index in [1.807, 2.05) is 0 Å². The van der Waals surface area contributed by atoms with Gasteiger partial charge in [-0.3, -0.25) is 0 Å². The lowest BCUT2D eigenvalue weighted by molar-refractivity contribution is 0.0291. The van der Waals surface area contributed by atoms with E-state index in [9.17, 15) is 0 Å². The first-order valence-corrected chi connectivity index (χ1v) is 8.50. The van der Waals surface area contributed by atoms with Crippen LogP contribution in [0.3, 0.4) is 0 Å². The van der Waals surface area contributed by atoms with Crippen LogP contribution in [-0.4, -0.2) is 18.1 Å². The van der Waals surface area contributed by atoms with Crippen LogP contribution >= 0.6 is 11.3 Å². The van der Waals surface area contributed by atoms with Crippen LogP contribution in [0.5, 0.6) is 0 Å². The number of ether oxygens (including phenoxy) is 1. The lowest BCUT2D eigenvalue weighted by atomic mass is 9.93. The number of aromatic nitrogens is 1. The average molecular weight is 302 g/mol. The van der Waals surface area contributed by atoms with Crippen molar-refractivity contribution in [2.45, 2.75) is 38.8 Å². The second kappa shape index (κ2) is 6.69. The van der Waals surface area contributed by atoms with E-state index in [0.717, 1.165) is 36.7 Å². The van der Waals surface area contributed by atoms with Crippen LogP contribution in [-0.2, 0) is 11.2 Å². The number of thiazole rings is 1. The van der Waals surface area contributed by atoms with Gasteiger partial charge in [0.1, 0.15) is 0 Å². The molecule has 0 fully saturated rings. The molecule has 0 amide bonds. The standard InChI is InChI=1S/C17H22N2OS/c1-3-18-15(16-11-21-12(2)19-16)10-17-14-7-5-4-6-13(14)8-9-20-17/h4-7,11,15,17-18H,3,8-10H2,1-2H3. The topological polar surface area (TPSA) is 34.1 Å². The molecule has 0 radical (unpaired) electrons. The quantitative estimate of drug-likeness (QED) is 0.912. The molecule has 0 saturated heterocycles. The minimum atomic E-state index is 0.168. The zero-order valence-corrected chi connectivity index (χ0v) is 13.5. The number of rotatable bonds is 5. The summed E-state index contributed by atoms with van der Waals surface area (Å²) in [6.45, 7) is 5.96. The molecule has 1 aromatic heterocycles. The number of nitrogens with zero attached hydrogens (tertiary/aromatic N) is 1. The lowest BCUT2D eigenvalue weighted by Gasteiger charge is -2.29. The van der Waals surface area contributed by atoms with Crippen molar-refractivity contribution in [2.75, 3.05) is 13.2 Å². The number of benzene rings is 1. The maximum absolute atomic E-state index is 6.05. The molecular weight excluding hydrogens is 280 g/mol. The van der Waals surface area contributed by atoms with Gasteiger partial charge in [0.2, 0.25) is 0 Å². The lowest BCUT2D eigenvalue weighted by Crippen LogP contribution is -2.26. The first-order valence-electron chi connectivity index (χ1n) is 7.62. The summed E-state index contributed by atoms with van der Waals surface area (Å²) < 4.78 is 6.05. The molecule has 0 aliphatic carbocycles. The molecule has 2 atom stereocenters. The van der Waals surface area contributed by atoms with Crippen LogP contribution in [0.25, 0.3) is 0 Å². The molecule has 1 N–H and O–H groups in total. The third-order valence-electron chi connectivity index (χ3n) is 3.99. The normalized spacial score (nSPS) is 19.2. The summed E-state index contributed by atoms with van der Waals surface area (Å²) >= 11 is 1.71. The zero-order chi connectivity index (χ0) is 14.7. The van der Waals surface area contributed by atoms with Crippen molar-refractivity contribution < 1.29 is 4.74 Å². The van der Waals surface area contributed by atoms with Crippen LogP contribution in [0.15, 0.2) is 29.6 Å². The molecule has 0 bridgehead atoms. The molecule has 0 saturated carbocycles. The number of fused-ring (bicyclic) bond motifs is 1. The Kier molecular flexibility index (Phi) is 4.68. The first kappa shape index (κ1) is 14.7. The molecule has 4 heteroatoms. The Morgan fingerprint density at radius 2 is 2.29 bits per heavy atom. The summed E-state index contributed by atoms with van der Waals surface area (Å²) in [6.07, 6.45) is 2.13. The summed E-state index contributed by atoms with van der Waals surface area (Å²) in [4.78, 5) is 4.65. The second-order valence-corrected chi connectivity index (χ2v) is 6.51. The fourth-order valence-corrected chi connectivity index (χ4v) is 3.65. The molecule has 2 heterocycles. The van der Waals surface area contributed by atoms with E-state index in [-0.39, 0.29) is 12.1 Å². The smallest absolute Gasteiger partial charge is 0.0898 e. The van der Waals surface area contributed by atoms with E-state index in [1.54, 1.807) is 11.3 Å². The molecular formula is C17H22N2OS. The first-order chi connectivity index (χ1) is 10.3. The molecule has 2 unspecified atom stereocenters. The molecule has 1 aliphatic rings. The number of nitrogens with one attached hydrogen (secondary N) is 1. The number of hydrogen-bond acceptors (Lipinski definition) is 4. The highest BCUT2D eigenvalue weighted by Gasteiger charge is 2.25. The Morgan fingerprint density at radius 3 is 3.05 bits per heavy atom. The molecule has 1 aromatic carbocycles. The zero-order valence-electron chi connectivity index (χ0n) is 12.6. The average Bonchev–Trinajstić information content (AvgIpc) is 2.94. The van der Waals surface area contributed by atoms with Gasteiger partial charge >= 0.3 is 0 Å². The van der Waals surface area contributed by atoms with Crippen molar-refractivity contribution in [3.8, 4) is 0 Å². The van der Waals surface area contributed by atoms with Crippen LogP contribution in [0.1, 0.15) is 47.3 Å². The Hall–Kier alpha value is -1.23. The predicted molar refractivity (Wildman–Crippen MR) is 86.7 cm³/mol. The van der Waals surface area contributed by atoms with Gasteiger partial charge in [-0.15, -0.1) is 11.3 Å². The van der Waals surface area contributed by atoms with Gasteiger partial charge in [-0.1, -0.05) is 31.2 Å². The second-order valence-electron chi connectivity index (χ2n) is 5.45. The third kappa shape index (κ3) is 3.34. The molecule has 1 aliphatic heterocycles. The van der Waals surface area contributed by atoms with E-state index in [2.05, 4.69) is 53.8 Å². The summed E-state index contributed by atoms with van der Waals surface area (Å²) in [5.74, 6) is 0. The monoisotopic (exact) mass is 302 g/mol. The Labute approximate surface area is 130 Å². The van der Waals surface area contributed by atoms with E-state index in [4.69, 9.17) is 4.74 Å². The van der Waals surface area contributed by atoms with E-state index >= 15 is 0 Å². The molecule has 3 rings (SSSR count). The van der Waals surface area contributed by atoms with Gasteiger partial charge in [0.25, 0.3) is 0 Å². The van der Waals surface area contributed by atoms with Gasteiger partial charge < -0.3 is 10.1 Å². The van der Waals surface area contributed by atoms with Crippen molar-refractivity contribution in [1.29, 1.82) is 0 Å². The fraction of sp³-hybridized carbons (Fsp3) is 0.471. The van der Waals surface area contributed by atoms with Crippen LogP contribution in [0.2, 0.25) is 0 Å². The van der Waals surface area contributed by atoms with Gasteiger partial charge in [0.05, 0.1) is 29.5 Å². The minimum Gasteiger partial charge on any atom is -0.373 e. The summed E-state index contributed by atoms with van der Waals surface area (Å²) in [7, 11) is 0. The van der Waals surface area contributed by atoms with Gasteiger partial charge in [0, 0.05) is 5.38 Å². The van der Waals surface area contributed by atoms with Crippen molar-refractivity contribution in [1.82, 2.24) is 10.3 Å². The van der Waals surface area contributed by atoms with Crippen LogP contribution in [0.4, 0.5) is 0 Å². The van der Waals surface area contributed by atoms with Crippen molar-refractivity contribution >= 4 is 11.3 Å². The Balaban J connectivity index is 1.80. The highest BCUT2D eigenvalue weighted by molar-refractivity contribution is 7.09. The van der Waals surface area contributed by atoms with E-state index in [1.165, 1.54) is 11.1 Å². The van der Waals surface area contributed by atoms with Gasteiger partial charge in [0.15, 0.2) is 0 Å². The number of aryl methyl sites for hydroxylation is 1. The summed E-state index contributed by atoms with van der Waals surface area (Å²) in [5.41, 5.74) is 3.92. The van der Waals surface area contributed by atoms with Crippen molar-refractivity contribution in [3.63, 3.8) is 0 Å².